The second kappa shape index (κ2) is 27.9. The van der Waals surface area contributed by atoms with Gasteiger partial charge >= 0.3 is 0 Å². The molecule has 0 saturated carbocycles. The Bertz CT molecular complexity index is 594. The van der Waals surface area contributed by atoms with E-state index in [0.717, 1.165) is 57.8 Å². The van der Waals surface area contributed by atoms with Crippen molar-refractivity contribution in [3.05, 3.63) is 48.6 Å². The van der Waals surface area contributed by atoms with Crippen LogP contribution in [0, 0.1) is 0 Å². The van der Waals surface area contributed by atoms with Crippen molar-refractivity contribution in [3.8, 4) is 0 Å². The Morgan fingerprint density at radius 3 is 1.75 bits per heavy atom. The van der Waals surface area contributed by atoms with Gasteiger partial charge < -0.3 is 15.5 Å². The zero-order chi connectivity index (χ0) is 26.5. The number of carbonyl (C=O) groups is 1. The van der Waals surface area contributed by atoms with E-state index in [1.165, 1.54) is 51.4 Å². The van der Waals surface area contributed by atoms with E-state index in [1.54, 1.807) is 6.08 Å². The maximum atomic E-state index is 12.2. The van der Waals surface area contributed by atoms with Crippen molar-refractivity contribution in [1.29, 1.82) is 0 Å². The summed E-state index contributed by atoms with van der Waals surface area (Å²) < 4.78 is 0. The molecule has 0 aromatic carbocycles. The number of allylic oxidation sites excluding steroid dienone is 7. The molecule has 0 spiro atoms. The largest absolute Gasteiger partial charge is 0.394 e. The van der Waals surface area contributed by atoms with Crippen LogP contribution in [-0.4, -0.2) is 34.9 Å². The van der Waals surface area contributed by atoms with Crippen LogP contribution in [0.15, 0.2) is 48.6 Å². The first-order valence-electron chi connectivity index (χ1n) is 14.9. The molecule has 4 nitrogen and oxygen atoms in total. The van der Waals surface area contributed by atoms with Gasteiger partial charge in [-0.05, 0) is 64.2 Å². The zero-order valence-corrected chi connectivity index (χ0v) is 23.5. The lowest BCUT2D eigenvalue weighted by Crippen LogP contribution is -2.45. The number of carbonyl (C=O) groups excluding carboxylic acids is 1. The minimum atomic E-state index is -0.869. The van der Waals surface area contributed by atoms with Crippen molar-refractivity contribution in [2.45, 2.75) is 142 Å². The topological polar surface area (TPSA) is 69.6 Å². The summed E-state index contributed by atoms with van der Waals surface area (Å²) in [5, 5.41) is 22.6. The highest BCUT2D eigenvalue weighted by Gasteiger charge is 2.17. The molecule has 0 radical (unpaired) electrons. The van der Waals surface area contributed by atoms with E-state index < -0.39 is 12.1 Å². The fourth-order valence-corrected chi connectivity index (χ4v) is 3.97. The third-order valence-corrected chi connectivity index (χ3v) is 6.27. The first-order valence-corrected chi connectivity index (χ1v) is 14.9. The number of hydrogen-bond donors (Lipinski definition) is 3. The number of rotatable bonds is 25. The van der Waals surface area contributed by atoms with E-state index in [-0.39, 0.29) is 12.5 Å². The Kier molecular flexibility index (Phi) is 26.6. The van der Waals surface area contributed by atoms with Gasteiger partial charge in [-0.15, -0.1) is 0 Å². The van der Waals surface area contributed by atoms with Crippen LogP contribution in [0.25, 0.3) is 0 Å². The van der Waals surface area contributed by atoms with Crippen LogP contribution in [0.4, 0.5) is 0 Å². The number of aliphatic hydroxyl groups is 2. The zero-order valence-electron chi connectivity index (χ0n) is 23.5. The van der Waals surface area contributed by atoms with Gasteiger partial charge in [-0.2, -0.15) is 0 Å². The normalized spacial score (nSPS) is 14.0. The predicted molar refractivity (Wildman–Crippen MR) is 156 cm³/mol. The Hall–Kier alpha value is -1.65. The van der Waals surface area contributed by atoms with Gasteiger partial charge in [0.25, 0.3) is 0 Å². The standard InChI is InChI=1S/C32H57NO3/c1-3-5-7-9-11-13-15-16-17-18-20-22-24-26-28-32(36)33-30(29-34)31(35)27-25-23-21-19-14-12-10-8-6-4-2/h6,8,14-16,19,25,27,30-31,34-35H,3-5,7,9-13,17-18,20-24,26,28-29H2,1-2H3,(H,33,36)/b8-6+,16-15-,19-14+,27-25+. The second-order valence-corrected chi connectivity index (χ2v) is 9.76. The van der Waals surface area contributed by atoms with Crippen LogP contribution < -0.4 is 5.32 Å². The molecule has 2 unspecified atom stereocenters. The minimum absolute atomic E-state index is 0.0940. The first kappa shape index (κ1) is 34.4. The summed E-state index contributed by atoms with van der Waals surface area (Å²) in [6.07, 6.45) is 36.1. The van der Waals surface area contributed by atoms with Gasteiger partial charge in [0.15, 0.2) is 0 Å². The minimum Gasteiger partial charge on any atom is -0.394 e. The highest BCUT2D eigenvalue weighted by atomic mass is 16.3. The lowest BCUT2D eigenvalue weighted by molar-refractivity contribution is -0.123. The van der Waals surface area contributed by atoms with E-state index >= 15 is 0 Å². The first-order chi connectivity index (χ1) is 17.7. The number of aliphatic hydroxyl groups excluding tert-OH is 2. The van der Waals surface area contributed by atoms with Crippen LogP contribution in [0.2, 0.25) is 0 Å². The number of nitrogens with one attached hydrogen (secondary N) is 1. The molecule has 0 aliphatic heterocycles. The smallest absolute Gasteiger partial charge is 0.220 e. The van der Waals surface area contributed by atoms with E-state index in [4.69, 9.17) is 0 Å². The molecule has 0 fully saturated rings. The summed E-state index contributed by atoms with van der Waals surface area (Å²) >= 11 is 0. The average Bonchev–Trinajstić information content (AvgIpc) is 2.88. The lowest BCUT2D eigenvalue weighted by atomic mass is 10.1. The van der Waals surface area contributed by atoms with Gasteiger partial charge in [0.1, 0.15) is 0 Å². The summed E-state index contributed by atoms with van der Waals surface area (Å²) in [4.78, 5) is 12.2. The molecule has 3 N–H and O–H groups in total. The number of unbranched alkanes of at least 4 members (excludes halogenated alkanes) is 12. The van der Waals surface area contributed by atoms with Crippen LogP contribution >= 0.6 is 0 Å². The van der Waals surface area contributed by atoms with Crippen LogP contribution in [-0.2, 0) is 4.79 Å². The van der Waals surface area contributed by atoms with Crippen LogP contribution in [0.3, 0.4) is 0 Å². The van der Waals surface area contributed by atoms with E-state index in [2.05, 4.69) is 55.6 Å². The van der Waals surface area contributed by atoms with E-state index in [1.807, 2.05) is 6.08 Å². The van der Waals surface area contributed by atoms with Gasteiger partial charge in [0, 0.05) is 6.42 Å². The second-order valence-electron chi connectivity index (χ2n) is 9.76. The Balaban J connectivity index is 3.77. The molecule has 0 aliphatic rings. The molecule has 0 heterocycles. The molecule has 36 heavy (non-hydrogen) atoms. The molecule has 208 valence electrons. The molecule has 0 aromatic rings. The molecular weight excluding hydrogens is 446 g/mol. The molecule has 0 aromatic heterocycles. The van der Waals surface area contributed by atoms with Crippen molar-refractivity contribution in [1.82, 2.24) is 5.32 Å². The summed E-state index contributed by atoms with van der Waals surface area (Å²) in [7, 11) is 0. The van der Waals surface area contributed by atoms with Crippen molar-refractivity contribution in [2.75, 3.05) is 6.61 Å². The molecule has 4 heteroatoms. The fraction of sp³-hybridized carbons (Fsp3) is 0.719. The Morgan fingerprint density at radius 2 is 1.17 bits per heavy atom. The van der Waals surface area contributed by atoms with Crippen molar-refractivity contribution >= 4 is 5.91 Å². The SMILES string of the molecule is CC/C=C/CC/C=C/CC/C=C/C(O)C(CO)NC(=O)CCCCCCC/C=C\CCCCCCC. The monoisotopic (exact) mass is 503 g/mol. The molecular formula is C32H57NO3. The molecule has 2 atom stereocenters. The molecule has 1 amide bonds. The quantitative estimate of drug-likeness (QED) is 0.0870. The number of hydrogen-bond acceptors (Lipinski definition) is 3. The fourth-order valence-electron chi connectivity index (χ4n) is 3.97. The third-order valence-electron chi connectivity index (χ3n) is 6.27. The van der Waals surface area contributed by atoms with Crippen molar-refractivity contribution in [3.63, 3.8) is 0 Å². The van der Waals surface area contributed by atoms with Crippen LogP contribution in [0.1, 0.15) is 129 Å². The van der Waals surface area contributed by atoms with Crippen molar-refractivity contribution < 1.29 is 15.0 Å². The third kappa shape index (κ3) is 24.1. The summed E-state index contributed by atoms with van der Waals surface area (Å²) in [6, 6.07) is -0.645. The maximum Gasteiger partial charge on any atom is 0.220 e. The van der Waals surface area contributed by atoms with Crippen LogP contribution in [0.5, 0.6) is 0 Å². The summed E-state index contributed by atoms with van der Waals surface area (Å²) in [5.74, 6) is -0.0940. The van der Waals surface area contributed by atoms with Gasteiger partial charge in [-0.25, -0.2) is 0 Å². The summed E-state index contributed by atoms with van der Waals surface area (Å²) in [6.45, 7) is 4.12. The highest BCUT2D eigenvalue weighted by molar-refractivity contribution is 5.76. The highest BCUT2D eigenvalue weighted by Crippen LogP contribution is 2.10. The summed E-state index contributed by atoms with van der Waals surface area (Å²) in [5.41, 5.74) is 0. The average molecular weight is 504 g/mol. The molecule has 0 bridgehead atoms. The van der Waals surface area contributed by atoms with Gasteiger partial charge in [0.2, 0.25) is 5.91 Å². The Labute approximate surface area is 223 Å². The van der Waals surface area contributed by atoms with Gasteiger partial charge in [0.05, 0.1) is 18.8 Å². The predicted octanol–water partition coefficient (Wildman–Crippen LogP) is 8.11. The van der Waals surface area contributed by atoms with E-state index in [9.17, 15) is 15.0 Å². The van der Waals surface area contributed by atoms with Gasteiger partial charge in [-0.3, -0.25) is 4.79 Å². The molecule has 0 saturated heterocycles. The van der Waals surface area contributed by atoms with Crippen molar-refractivity contribution in [2.24, 2.45) is 0 Å². The molecule has 0 rings (SSSR count). The molecule has 0 aliphatic carbocycles. The number of amides is 1. The van der Waals surface area contributed by atoms with Gasteiger partial charge in [-0.1, -0.05) is 107 Å². The Morgan fingerprint density at radius 1 is 0.667 bits per heavy atom. The maximum absolute atomic E-state index is 12.2. The van der Waals surface area contributed by atoms with E-state index in [0.29, 0.717) is 6.42 Å². The lowest BCUT2D eigenvalue weighted by Gasteiger charge is -2.19.